The second-order valence-electron chi connectivity index (χ2n) is 7.34. The summed E-state index contributed by atoms with van der Waals surface area (Å²) in [7, 11) is -3.51. The number of rotatable bonds is 7. The van der Waals surface area contributed by atoms with E-state index in [1.807, 2.05) is 13.0 Å². The van der Waals surface area contributed by atoms with E-state index in [2.05, 4.69) is 9.62 Å². The van der Waals surface area contributed by atoms with Crippen LogP contribution in [0.15, 0.2) is 53.4 Å². The van der Waals surface area contributed by atoms with Crippen LogP contribution in [0.25, 0.3) is 0 Å². The Morgan fingerprint density at radius 1 is 1.21 bits per heavy atom. The lowest BCUT2D eigenvalue weighted by Gasteiger charge is -2.32. The number of nitro benzene ring substituents is 1. The molecule has 28 heavy (non-hydrogen) atoms. The van der Waals surface area contributed by atoms with E-state index in [-0.39, 0.29) is 21.4 Å². The highest BCUT2D eigenvalue weighted by Gasteiger charge is 2.23. The van der Waals surface area contributed by atoms with Gasteiger partial charge in [-0.3, -0.25) is 15.0 Å². The summed E-state index contributed by atoms with van der Waals surface area (Å²) >= 11 is 0. The van der Waals surface area contributed by atoms with Gasteiger partial charge in [0, 0.05) is 31.8 Å². The number of sulfonamides is 1. The van der Waals surface area contributed by atoms with E-state index in [9.17, 15) is 18.5 Å². The minimum atomic E-state index is -3.51. The average Bonchev–Trinajstić information content (AvgIpc) is 2.67. The number of likely N-dealkylation sites (tertiary alicyclic amines) is 1. The fourth-order valence-electron chi connectivity index (χ4n) is 3.52. The zero-order chi connectivity index (χ0) is 20.1. The van der Waals surface area contributed by atoms with Crippen LogP contribution >= 0.6 is 0 Å². The molecule has 1 saturated heterocycles. The molecule has 1 atom stereocenters. The van der Waals surface area contributed by atoms with E-state index in [0.29, 0.717) is 13.1 Å². The van der Waals surface area contributed by atoms with Crippen molar-refractivity contribution < 1.29 is 13.3 Å². The van der Waals surface area contributed by atoms with Gasteiger partial charge in [-0.1, -0.05) is 29.8 Å². The van der Waals surface area contributed by atoms with E-state index in [0.717, 1.165) is 37.1 Å². The van der Waals surface area contributed by atoms with E-state index in [1.165, 1.54) is 6.07 Å². The van der Waals surface area contributed by atoms with Gasteiger partial charge in [0.2, 0.25) is 10.0 Å². The molecule has 150 valence electrons. The summed E-state index contributed by atoms with van der Waals surface area (Å²) in [6, 6.07) is 13.5. The van der Waals surface area contributed by atoms with Crippen LogP contribution in [0.5, 0.6) is 0 Å². The average molecular weight is 404 g/mol. The molecule has 1 aliphatic heterocycles. The number of non-ortho nitro benzene ring substituents is 1. The molecule has 1 heterocycles. The minimum Gasteiger partial charge on any atom is -0.299 e. The molecule has 3 rings (SSSR count). The Hall–Kier alpha value is -2.29. The van der Waals surface area contributed by atoms with Gasteiger partial charge in [0.25, 0.3) is 5.69 Å². The van der Waals surface area contributed by atoms with Crippen LogP contribution in [0, 0.1) is 23.0 Å². The predicted octanol–water partition coefficient (Wildman–Crippen LogP) is 3.09. The molecule has 0 saturated carbocycles. The zero-order valence-electron chi connectivity index (χ0n) is 15.9. The molecule has 7 nitrogen and oxygen atoms in total. The predicted molar refractivity (Wildman–Crippen MR) is 107 cm³/mol. The SMILES string of the molecule is Cc1ccc(S(=O)(=O)NCC2CCCN(Cc3cccc([N+](=O)[O-])c3)C2)cc1. The number of nitrogens with zero attached hydrogens (tertiary/aromatic N) is 2. The molecule has 8 heteroatoms. The van der Waals surface area contributed by atoms with Crippen molar-refractivity contribution in [3.05, 3.63) is 69.8 Å². The monoisotopic (exact) mass is 403 g/mol. The summed E-state index contributed by atoms with van der Waals surface area (Å²) in [6.45, 7) is 4.61. The van der Waals surface area contributed by atoms with Gasteiger partial charge in [0.05, 0.1) is 9.82 Å². The molecule has 0 bridgehead atoms. The molecule has 1 aliphatic rings. The maximum Gasteiger partial charge on any atom is 0.269 e. The Kier molecular flexibility index (Phi) is 6.43. The topological polar surface area (TPSA) is 92.6 Å². The van der Waals surface area contributed by atoms with Crippen molar-refractivity contribution in [1.29, 1.82) is 0 Å². The van der Waals surface area contributed by atoms with Crippen LogP contribution in [-0.4, -0.2) is 37.9 Å². The third-order valence-corrected chi connectivity index (χ3v) is 6.46. The molecular formula is C20H25N3O4S. The van der Waals surface area contributed by atoms with E-state index >= 15 is 0 Å². The first-order chi connectivity index (χ1) is 13.3. The van der Waals surface area contributed by atoms with Crippen molar-refractivity contribution in [2.24, 2.45) is 5.92 Å². The third kappa shape index (κ3) is 5.37. The maximum absolute atomic E-state index is 12.5. The van der Waals surface area contributed by atoms with Gasteiger partial charge in [-0.05, 0) is 49.9 Å². The number of piperidine rings is 1. The molecule has 0 aliphatic carbocycles. The fourth-order valence-corrected chi connectivity index (χ4v) is 4.63. The Morgan fingerprint density at radius 3 is 2.68 bits per heavy atom. The quantitative estimate of drug-likeness (QED) is 0.566. The van der Waals surface area contributed by atoms with Gasteiger partial charge in [0.1, 0.15) is 0 Å². The number of nitrogens with one attached hydrogen (secondary N) is 1. The Morgan fingerprint density at radius 2 is 1.96 bits per heavy atom. The first kappa shape index (κ1) is 20.4. The minimum absolute atomic E-state index is 0.0944. The molecule has 0 spiro atoms. The summed E-state index contributed by atoms with van der Waals surface area (Å²) in [5.74, 6) is 0.215. The van der Waals surface area contributed by atoms with Gasteiger partial charge in [-0.25, -0.2) is 13.1 Å². The van der Waals surface area contributed by atoms with Crippen molar-refractivity contribution in [2.45, 2.75) is 31.2 Å². The highest BCUT2D eigenvalue weighted by molar-refractivity contribution is 7.89. The van der Waals surface area contributed by atoms with Crippen LogP contribution in [-0.2, 0) is 16.6 Å². The third-order valence-electron chi connectivity index (χ3n) is 5.02. The lowest BCUT2D eigenvalue weighted by Crippen LogP contribution is -2.40. The lowest BCUT2D eigenvalue weighted by atomic mass is 9.98. The first-order valence-corrected chi connectivity index (χ1v) is 10.8. The van der Waals surface area contributed by atoms with Crippen LogP contribution in [0.2, 0.25) is 0 Å². The van der Waals surface area contributed by atoms with Crippen molar-refractivity contribution in [3.63, 3.8) is 0 Å². The van der Waals surface area contributed by atoms with Gasteiger partial charge < -0.3 is 0 Å². The first-order valence-electron chi connectivity index (χ1n) is 9.35. The number of hydrogen-bond acceptors (Lipinski definition) is 5. The number of aryl methyl sites for hydroxylation is 1. The zero-order valence-corrected chi connectivity index (χ0v) is 16.7. The maximum atomic E-state index is 12.5. The van der Waals surface area contributed by atoms with E-state index in [1.54, 1.807) is 36.4 Å². The highest BCUT2D eigenvalue weighted by Crippen LogP contribution is 2.21. The standard InChI is InChI=1S/C20H25N3O4S/c1-16-7-9-20(10-8-16)28(26,27)21-13-18-5-3-11-22(15-18)14-17-4-2-6-19(12-17)23(24)25/h2,4,6-10,12,18,21H,3,5,11,13-15H2,1H3. The Balaban J connectivity index is 1.57. The molecule has 1 fully saturated rings. The Labute approximate surface area is 165 Å². The van der Waals surface area contributed by atoms with Crippen LogP contribution in [0.3, 0.4) is 0 Å². The highest BCUT2D eigenvalue weighted by atomic mass is 32.2. The molecule has 2 aromatic carbocycles. The van der Waals surface area contributed by atoms with Crippen molar-refractivity contribution in [2.75, 3.05) is 19.6 Å². The van der Waals surface area contributed by atoms with Crippen LogP contribution in [0.4, 0.5) is 5.69 Å². The Bertz CT molecular complexity index is 929. The summed E-state index contributed by atoms with van der Waals surface area (Å²) in [5.41, 5.74) is 2.01. The molecule has 1 unspecified atom stereocenters. The smallest absolute Gasteiger partial charge is 0.269 e. The number of benzene rings is 2. The molecule has 0 radical (unpaired) electrons. The molecule has 0 amide bonds. The molecule has 2 aromatic rings. The molecule has 1 N–H and O–H groups in total. The van der Waals surface area contributed by atoms with E-state index < -0.39 is 10.0 Å². The lowest BCUT2D eigenvalue weighted by molar-refractivity contribution is -0.384. The summed E-state index contributed by atoms with van der Waals surface area (Å²) in [6.07, 6.45) is 1.94. The van der Waals surface area contributed by atoms with E-state index in [4.69, 9.17) is 0 Å². The number of hydrogen-bond donors (Lipinski definition) is 1. The molecule has 0 aromatic heterocycles. The van der Waals surface area contributed by atoms with Gasteiger partial charge in [0.15, 0.2) is 0 Å². The van der Waals surface area contributed by atoms with Crippen LogP contribution in [0.1, 0.15) is 24.0 Å². The van der Waals surface area contributed by atoms with Gasteiger partial charge in [-0.2, -0.15) is 0 Å². The summed E-state index contributed by atoms with van der Waals surface area (Å²) in [4.78, 5) is 13.1. The van der Waals surface area contributed by atoms with Gasteiger partial charge >= 0.3 is 0 Å². The van der Waals surface area contributed by atoms with Crippen LogP contribution < -0.4 is 4.72 Å². The normalized spacial score (nSPS) is 18.1. The largest absolute Gasteiger partial charge is 0.299 e. The van der Waals surface area contributed by atoms with Crippen molar-refractivity contribution in [1.82, 2.24) is 9.62 Å². The van der Waals surface area contributed by atoms with Crippen molar-refractivity contribution >= 4 is 15.7 Å². The summed E-state index contributed by atoms with van der Waals surface area (Å²) < 4.78 is 27.7. The summed E-state index contributed by atoms with van der Waals surface area (Å²) in [5, 5.41) is 10.9. The van der Waals surface area contributed by atoms with Crippen molar-refractivity contribution in [3.8, 4) is 0 Å². The second-order valence-corrected chi connectivity index (χ2v) is 9.10. The number of nitro groups is 1. The second kappa shape index (κ2) is 8.81. The fraction of sp³-hybridized carbons (Fsp3) is 0.400. The van der Waals surface area contributed by atoms with Gasteiger partial charge in [-0.15, -0.1) is 0 Å². The molecular weight excluding hydrogens is 378 g/mol.